The number of nitrogens with two attached hydrogens (primary N) is 1. The zero-order chi connectivity index (χ0) is 14.2. The van der Waals surface area contributed by atoms with Crippen molar-refractivity contribution >= 4 is 23.7 Å². The average Bonchev–Trinajstić information content (AvgIpc) is 2.88. The minimum absolute atomic E-state index is 0.183. The van der Waals surface area contributed by atoms with Crippen LogP contribution in [0, 0.1) is 0 Å². The lowest BCUT2D eigenvalue weighted by molar-refractivity contribution is -0.140. The van der Waals surface area contributed by atoms with Gasteiger partial charge < -0.3 is 10.5 Å². The Balaban J connectivity index is 1.58. The van der Waals surface area contributed by atoms with Crippen molar-refractivity contribution in [2.24, 2.45) is 0 Å². The predicted octanol–water partition coefficient (Wildman–Crippen LogP) is 1.66. The number of hydrogen-bond donors (Lipinski definition) is 2. The number of thioether (sulfide) groups is 1. The summed E-state index contributed by atoms with van der Waals surface area (Å²) in [6.07, 6.45) is 1.72. The van der Waals surface area contributed by atoms with Crippen LogP contribution in [0.5, 0.6) is 0 Å². The van der Waals surface area contributed by atoms with Crippen LogP contribution in [0.15, 0.2) is 35.5 Å². The Morgan fingerprint density at radius 3 is 2.85 bits per heavy atom. The van der Waals surface area contributed by atoms with Gasteiger partial charge in [0.2, 0.25) is 11.1 Å². The number of carbonyl (C=O) groups excluding carboxylic acids is 1. The van der Waals surface area contributed by atoms with Crippen molar-refractivity contribution in [2.45, 2.75) is 18.0 Å². The smallest absolute Gasteiger partial charge is 0.316 e. The van der Waals surface area contributed by atoms with E-state index < -0.39 is 0 Å². The topological polar surface area (TPSA) is 93.9 Å². The summed E-state index contributed by atoms with van der Waals surface area (Å²) in [6.45, 7) is 0.421. The van der Waals surface area contributed by atoms with Crippen LogP contribution in [-0.4, -0.2) is 33.5 Å². The van der Waals surface area contributed by atoms with Gasteiger partial charge in [-0.15, -0.1) is 5.10 Å². The van der Waals surface area contributed by atoms with Crippen molar-refractivity contribution in [1.82, 2.24) is 15.2 Å². The summed E-state index contributed by atoms with van der Waals surface area (Å²) in [5.74, 6) is 0.151. The zero-order valence-electron chi connectivity index (χ0n) is 10.9. The molecule has 0 aliphatic rings. The molecule has 0 fully saturated rings. The molecular weight excluding hydrogens is 276 g/mol. The van der Waals surface area contributed by atoms with Crippen LogP contribution in [0.1, 0.15) is 12.0 Å². The molecule has 0 unspecified atom stereocenters. The van der Waals surface area contributed by atoms with Gasteiger partial charge in [-0.3, -0.25) is 4.79 Å². The number of aryl methyl sites for hydroxylation is 1. The highest BCUT2D eigenvalue weighted by Gasteiger charge is 2.07. The molecule has 20 heavy (non-hydrogen) atoms. The van der Waals surface area contributed by atoms with Crippen molar-refractivity contribution in [3.8, 4) is 0 Å². The summed E-state index contributed by atoms with van der Waals surface area (Å²) in [6, 6.07) is 10.1. The van der Waals surface area contributed by atoms with Crippen molar-refractivity contribution in [3.05, 3.63) is 35.9 Å². The van der Waals surface area contributed by atoms with Crippen LogP contribution in [0.2, 0.25) is 0 Å². The number of carbonyl (C=O) groups is 1. The number of aromatic amines is 1. The van der Waals surface area contributed by atoms with Gasteiger partial charge >= 0.3 is 5.97 Å². The van der Waals surface area contributed by atoms with Gasteiger partial charge in [-0.05, 0) is 18.4 Å². The van der Waals surface area contributed by atoms with Crippen molar-refractivity contribution in [2.75, 3.05) is 18.1 Å². The lowest BCUT2D eigenvalue weighted by Gasteiger charge is -2.04. The molecule has 0 saturated heterocycles. The Labute approximate surface area is 121 Å². The number of nitrogen functional groups attached to an aromatic ring is 1. The van der Waals surface area contributed by atoms with Crippen LogP contribution in [-0.2, 0) is 16.0 Å². The summed E-state index contributed by atoms with van der Waals surface area (Å²) in [4.78, 5) is 15.4. The molecule has 0 amide bonds. The summed E-state index contributed by atoms with van der Waals surface area (Å²) in [7, 11) is 0. The number of H-pyrrole nitrogens is 1. The molecule has 0 radical (unpaired) electrons. The molecule has 1 aromatic heterocycles. The lowest BCUT2D eigenvalue weighted by Crippen LogP contribution is -2.09. The van der Waals surface area contributed by atoms with E-state index in [0.717, 1.165) is 12.8 Å². The van der Waals surface area contributed by atoms with Crippen molar-refractivity contribution in [1.29, 1.82) is 0 Å². The summed E-state index contributed by atoms with van der Waals surface area (Å²) in [5.41, 5.74) is 6.62. The van der Waals surface area contributed by atoms with E-state index in [4.69, 9.17) is 10.5 Å². The van der Waals surface area contributed by atoms with Crippen molar-refractivity contribution < 1.29 is 9.53 Å². The normalized spacial score (nSPS) is 10.4. The molecule has 0 bridgehead atoms. The fourth-order valence-electron chi connectivity index (χ4n) is 1.59. The lowest BCUT2D eigenvalue weighted by atomic mass is 10.1. The Morgan fingerprint density at radius 2 is 2.15 bits per heavy atom. The number of aromatic nitrogens is 3. The van der Waals surface area contributed by atoms with Gasteiger partial charge in [0.1, 0.15) is 0 Å². The van der Waals surface area contributed by atoms with Gasteiger partial charge in [0.25, 0.3) is 0 Å². The number of rotatable bonds is 7. The minimum atomic E-state index is -0.272. The van der Waals surface area contributed by atoms with E-state index >= 15 is 0 Å². The first-order valence-corrected chi connectivity index (χ1v) is 7.23. The summed E-state index contributed by atoms with van der Waals surface area (Å²) in [5, 5.41) is 6.77. The predicted molar refractivity (Wildman–Crippen MR) is 77.2 cm³/mol. The fraction of sp³-hybridized carbons (Fsp3) is 0.308. The maximum atomic E-state index is 11.5. The van der Waals surface area contributed by atoms with E-state index in [1.54, 1.807) is 0 Å². The highest BCUT2D eigenvalue weighted by molar-refractivity contribution is 7.99. The molecular formula is C13H16N4O2S. The molecule has 0 aliphatic carbocycles. The Kier molecular flexibility index (Phi) is 5.43. The second kappa shape index (κ2) is 7.54. The van der Waals surface area contributed by atoms with Gasteiger partial charge in [0.15, 0.2) is 0 Å². The van der Waals surface area contributed by atoms with Crippen LogP contribution in [0.4, 0.5) is 5.95 Å². The SMILES string of the molecule is Nc1nc(SCC(=O)OCCCc2ccccc2)n[nH]1. The largest absolute Gasteiger partial charge is 0.465 e. The molecule has 1 heterocycles. The van der Waals surface area contributed by atoms with Gasteiger partial charge in [-0.1, -0.05) is 42.1 Å². The second-order valence-corrected chi connectivity index (χ2v) is 5.04. The van der Waals surface area contributed by atoms with E-state index in [-0.39, 0.29) is 17.7 Å². The monoisotopic (exact) mass is 292 g/mol. The van der Waals surface area contributed by atoms with E-state index in [0.29, 0.717) is 11.8 Å². The minimum Gasteiger partial charge on any atom is -0.465 e. The van der Waals surface area contributed by atoms with Crippen LogP contribution >= 0.6 is 11.8 Å². The molecule has 2 rings (SSSR count). The first-order chi connectivity index (χ1) is 9.74. The molecule has 0 atom stereocenters. The molecule has 0 aliphatic heterocycles. The third-order valence-corrected chi connectivity index (χ3v) is 3.34. The first kappa shape index (κ1) is 14.4. The molecule has 106 valence electrons. The number of benzene rings is 1. The zero-order valence-corrected chi connectivity index (χ0v) is 11.7. The van der Waals surface area contributed by atoms with E-state index in [2.05, 4.69) is 27.3 Å². The van der Waals surface area contributed by atoms with Crippen LogP contribution in [0.25, 0.3) is 0 Å². The quantitative estimate of drug-likeness (QED) is 0.458. The average molecular weight is 292 g/mol. The second-order valence-electron chi connectivity index (χ2n) is 4.10. The standard InChI is InChI=1S/C13H16N4O2S/c14-12-15-13(17-16-12)20-9-11(18)19-8-4-7-10-5-2-1-3-6-10/h1-3,5-6H,4,7-9H2,(H3,14,15,16,17). The van der Waals surface area contributed by atoms with Gasteiger partial charge in [-0.25, -0.2) is 5.10 Å². The van der Waals surface area contributed by atoms with Crippen LogP contribution < -0.4 is 5.73 Å². The van der Waals surface area contributed by atoms with Gasteiger partial charge in [-0.2, -0.15) is 4.98 Å². The summed E-state index contributed by atoms with van der Waals surface area (Å²) >= 11 is 1.20. The third-order valence-electron chi connectivity index (χ3n) is 2.52. The van der Waals surface area contributed by atoms with Crippen LogP contribution in [0.3, 0.4) is 0 Å². The van der Waals surface area contributed by atoms with E-state index in [1.807, 2.05) is 18.2 Å². The maximum absolute atomic E-state index is 11.5. The van der Waals surface area contributed by atoms with Gasteiger partial charge in [0.05, 0.1) is 12.4 Å². The number of nitrogens with zero attached hydrogens (tertiary/aromatic N) is 2. The molecule has 6 nitrogen and oxygen atoms in total. The molecule has 3 N–H and O–H groups in total. The number of ether oxygens (including phenoxy) is 1. The van der Waals surface area contributed by atoms with Crippen molar-refractivity contribution in [3.63, 3.8) is 0 Å². The molecule has 1 aromatic carbocycles. The Morgan fingerprint density at radius 1 is 1.35 bits per heavy atom. The number of esters is 1. The summed E-state index contributed by atoms with van der Waals surface area (Å²) < 4.78 is 5.14. The molecule has 0 saturated carbocycles. The van der Waals surface area contributed by atoms with Gasteiger partial charge in [0, 0.05) is 0 Å². The van der Waals surface area contributed by atoms with E-state index in [9.17, 15) is 4.79 Å². The highest BCUT2D eigenvalue weighted by atomic mass is 32.2. The third kappa shape index (κ3) is 4.93. The van der Waals surface area contributed by atoms with E-state index in [1.165, 1.54) is 17.3 Å². The first-order valence-electron chi connectivity index (χ1n) is 6.24. The number of anilines is 1. The number of nitrogens with one attached hydrogen (secondary N) is 1. The Hall–Kier alpha value is -2.02. The molecule has 0 spiro atoms. The molecule has 2 aromatic rings. The molecule has 7 heteroatoms. The fourth-order valence-corrected chi connectivity index (χ4v) is 2.20. The Bertz CT molecular complexity index is 544. The highest BCUT2D eigenvalue weighted by Crippen LogP contribution is 2.12. The maximum Gasteiger partial charge on any atom is 0.316 e. The number of hydrogen-bond acceptors (Lipinski definition) is 6.